The lowest BCUT2D eigenvalue weighted by Gasteiger charge is -2.44. The molecule has 2 aliphatic rings. The highest BCUT2D eigenvalue weighted by Crippen LogP contribution is 2.43. The second-order valence-corrected chi connectivity index (χ2v) is 8.04. The molecule has 4 rings (SSSR count). The zero-order valence-corrected chi connectivity index (χ0v) is 16.6. The zero-order chi connectivity index (χ0) is 20.1. The summed E-state index contributed by atoms with van der Waals surface area (Å²) in [7, 11) is 0. The van der Waals surface area contributed by atoms with E-state index in [1.54, 1.807) is 17.0 Å². The minimum absolute atomic E-state index is 0.0227. The van der Waals surface area contributed by atoms with Gasteiger partial charge in [-0.05, 0) is 43.2 Å². The van der Waals surface area contributed by atoms with Crippen molar-refractivity contribution in [2.75, 3.05) is 13.1 Å². The molecule has 2 heterocycles. The van der Waals surface area contributed by atoms with Gasteiger partial charge in [0.05, 0.1) is 17.5 Å². The molecule has 0 aliphatic carbocycles. The fourth-order valence-electron chi connectivity index (χ4n) is 4.20. The molecule has 1 saturated heterocycles. The van der Waals surface area contributed by atoms with Gasteiger partial charge in [0.2, 0.25) is 0 Å². The number of Topliss-reactive ketones (excluding diaryl/α,β-unsaturated/α-hetero) is 1. The molecule has 2 aromatic carbocycles. The third-order valence-electron chi connectivity index (χ3n) is 5.80. The second-order valence-electron chi connectivity index (χ2n) is 7.66. The number of amides is 1. The Hall–Kier alpha value is -2.40. The van der Waals surface area contributed by atoms with Crippen molar-refractivity contribution in [3.05, 3.63) is 63.4 Å². The van der Waals surface area contributed by atoms with E-state index < -0.39 is 11.4 Å². The molecule has 28 heavy (non-hydrogen) atoms. The summed E-state index contributed by atoms with van der Waals surface area (Å²) in [4.78, 5) is 27.1. The minimum atomic E-state index is -0.622. The zero-order valence-electron chi connectivity index (χ0n) is 15.9. The number of halogens is 2. The van der Waals surface area contributed by atoms with Gasteiger partial charge in [0.15, 0.2) is 5.78 Å². The van der Waals surface area contributed by atoms with E-state index >= 15 is 0 Å². The van der Waals surface area contributed by atoms with Crippen LogP contribution in [0.15, 0.2) is 30.3 Å². The van der Waals surface area contributed by atoms with Crippen LogP contribution in [0.3, 0.4) is 0 Å². The van der Waals surface area contributed by atoms with E-state index in [2.05, 4.69) is 0 Å². The first-order valence-corrected chi connectivity index (χ1v) is 9.75. The van der Waals surface area contributed by atoms with Gasteiger partial charge in [0.25, 0.3) is 5.91 Å². The Morgan fingerprint density at radius 2 is 1.89 bits per heavy atom. The molecule has 6 heteroatoms. The summed E-state index contributed by atoms with van der Waals surface area (Å²) in [6.45, 7) is 4.56. The monoisotopic (exact) mass is 401 g/mol. The molecule has 0 unspecified atom stereocenters. The summed E-state index contributed by atoms with van der Waals surface area (Å²) in [5.74, 6) is -0.248. The van der Waals surface area contributed by atoms with Gasteiger partial charge in [-0.15, -0.1) is 0 Å². The number of likely N-dealkylation sites (tertiary alicyclic amines) is 1. The van der Waals surface area contributed by atoms with Crippen molar-refractivity contribution < 1.29 is 18.7 Å². The lowest BCUT2D eigenvalue weighted by molar-refractivity contribution is -0.00589. The Kier molecular flexibility index (Phi) is 4.66. The van der Waals surface area contributed by atoms with Crippen molar-refractivity contribution in [3.63, 3.8) is 0 Å². The van der Waals surface area contributed by atoms with E-state index in [0.29, 0.717) is 42.3 Å². The molecule has 2 aliphatic heterocycles. The van der Waals surface area contributed by atoms with E-state index in [-0.39, 0.29) is 23.7 Å². The number of nitrogens with zero attached hydrogens (tertiary/aromatic N) is 1. The number of ketones is 1. The second kappa shape index (κ2) is 6.89. The molecule has 4 nitrogen and oxygen atoms in total. The van der Waals surface area contributed by atoms with E-state index in [1.807, 2.05) is 19.9 Å². The molecular formula is C22H21ClFNO3. The van der Waals surface area contributed by atoms with E-state index in [4.69, 9.17) is 16.3 Å². The van der Waals surface area contributed by atoms with E-state index in [1.165, 1.54) is 12.1 Å². The number of carbonyl (C=O) groups is 2. The molecule has 146 valence electrons. The Bertz CT molecular complexity index is 980. The Morgan fingerprint density at radius 3 is 2.57 bits per heavy atom. The number of benzene rings is 2. The van der Waals surface area contributed by atoms with Crippen LogP contribution in [0.5, 0.6) is 5.75 Å². The van der Waals surface area contributed by atoms with Crippen LogP contribution in [0.25, 0.3) is 0 Å². The summed E-state index contributed by atoms with van der Waals surface area (Å²) >= 11 is 6.30. The number of fused-ring (bicyclic) bond motifs is 1. The van der Waals surface area contributed by atoms with Crippen LogP contribution < -0.4 is 4.74 Å². The molecule has 2 aromatic rings. The fourth-order valence-corrected chi connectivity index (χ4v) is 4.35. The van der Waals surface area contributed by atoms with Crippen molar-refractivity contribution in [2.45, 2.75) is 38.7 Å². The maximum Gasteiger partial charge on any atom is 0.256 e. The molecule has 1 spiro atoms. The van der Waals surface area contributed by atoms with Gasteiger partial charge >= 0.3 is 0 Å². The number of ether oxygens (including phenoxy) is 1. The van der Waals surface area contributed by atoms with Crippen LogP contribution in [0, 0.1) is 19.7 Å². The normalized spacial score (nSPS) is 18.0. The number of aryl methyl sites for hydroxylation is 1. The first-order valence-electron chi connectivity index (χ1n) is 9.37. The number of rotatable bonds is 1. The predicted molar refractivity (Wildman–Crippen MR) is 105 cm³/mol. The largest absolute Gasteiger partial charge is 0.486 e. The Morgan fingerprint density at radius 1 is 1.21 bits per heavy atom. The summed E-state index contributed by atoms with van der Waals surface area (Å²) in [5.41, 5.74) is 1.64. The smallest absolute Gasteiger partial charge is 0.256 e. The van der Waals surface area contributed by atoms with Gasteiger partial charge in [0, 0.05) is 31.0 Å². The molecule has 0 bridgehead atoms. The maximum atomic E-state index is 13.9. The van der Waals surface area contributed by atoms with Crippen LogP contribution in [0.2, 0.25) is 5.02 Å². The molecule has 0 atom stereocenters. The predicted octanol–water partition coefficient (Wildman–Crippen LogP) is 4.74. The van der Waals surface area contributed by atoms with Crippen LogP contribution in [0.4, 0.5) is 4.39 Å². The minimum Gasteiger partial charge on any atom is -0.486 e. The first kappa shape index (κ1) is 18.9. The summed E-state index contributed by atoms with van der Waals surface area (Å²) in [6, 6.07) is 7.81. The average molecular weight is 402 g/mol. The lowest BCUT2D eigenvalue weighted by Crippen LogP contribution is -2.52. The van der Waals surface area contributed by atoms with Gasteiger partial charge in [-0.2, -0.15) is 0 Å². The van der Waals surface area contributed by atoms with Crippen LogP contribution >= 0.6 is 11.6 Å². The lowest BCUT2D eigenvalue weighted by atomic mass is 9.81. The quantitative estimate of drug-likeness (QED) is 0.693. The highest BCUT2D eigenvalue weighted by atomic mass is 35.5. The van der Waals surface area contributed by atoms with Crippen molar-refractivity contribution in [3.8, 4) is 5.75 Å². The Balaban J connectivity index is 1.54. The van der Waals surface area contributed by atoms with Gasteiger partial charge < -0.3 is 9.64 Å². The number of piperidine rings is 1. The average Bonchev–Trinajstić information content (AvgIpc) is 2.66. The van der Waals surface area contributed by atoms with Crippen LogP contribution in [0.1, 0.15) is 51.1 Å². The van der Waals surface area contributed by atoms with Crippen molar-refractivity contribution in [1.29, 1.82) is 0 Å². The van der Waals surface area contributed by atoms with Gasteiger partial charge in [-0.25, -0.2) is 4.39 Å². The van der Waals surface area contributed by atoms with E-state index in [9.17, 15) is 14.0 Å². The van der Waals surface area contributed by atoms with E-state index in [0.717, 1.165) is 11.1 Å². The Labute approximate surface area is 168 Å². The molecular weight excluding hydrogens is 381 g/mol. The molecule has 0 N–H and O–H groups in total. The van der Waals surface area contributed by atoms with Crippen LogP contribution in [-0.2, 0) is 0 Å². The van der Waals surface area contributed by atoms with Crippen LogP contribution in [-0.4, -0.2) is 35.3 Å². The highest BCUT2D eigenvalue weighted by molar-refractivity contribution is 6.32. The first-order chi connectivity index (χ1) is 13.3. The van der Waals surface area contributed by atoms with Crippen molar-refractivity contribution in [2.24, 2.45) is 0 Å². The number of hydrogen-bond donors (Lipinski definition) is 0. The number of hydrogen-bond acceptors (Lipinski definition) is 3. The standard InChI is InChI=1S/C22H21ClFNO3/c1-13-11-18-19(14(2)20(13)23)17(26)12-22(28-18)7-9-25(10-8-22)21(27)15-5-3-4-6-16(15)24/h3-6,11H,7-10,12H2,1-2H3. The molecule has 0 aromatic heterocycles. The molecule has 0 radical (unpaired) electrons. The number of carbonyl (C=O) groups excluding carboxylic acids is 2. The molecule has 1 amide bonds. The maximum absolute atomic E-state index is 13.9. The van der Waals surface area contributed by atoms with Gasteiger partial charge in [0.1, 0.15) is 17.2 Å². The van der Waals surface area contributed by atoms with Gasteiger partial charge in [-0.1, -0.05) is 23.7 Å². The van der Waals surface area contributed by atoms with Gasteiger partial charge in [-0.3, -0.25) is 9.59 Å². The summed E-state index contributed by atoms with van der Waals surface area (Å²) < 4.78 is 20.3. The molecule has 1 fully saturated rings. The molecule has 0 saturated carbocycles. The summed E-state index contributed by atoms with van der Waals surface area (Å²) in [5, 5.41) is 0.594. The SMILES string of the molecule is Cc1cc2c(c(C)c1Cl)C(=O)CC1(CCN(C(=O)c3ccccc3F)CC1)O2. The third kappa shape index (κ3) is 3.08. The van der Waals surface area contributed by atoms with Crippen molar-refractivity contribution in [1.82, 2.24) is 4.90 Å². The third-order valence-corrected chi connectivity index (χ3v) is 6.38. The van der Waals surface area contributed by atoms with Crippen molar-refractivity contribution >= 4 is 23.3 Å². The summed E-state index contributed by atoms with van der Waals surface area (Å²) in [6.07, 6.45) is 1.32. The topological polar surface area (TPSA) is 46.6 Å². The fraction of sp³-hybridized carbons (Fsp3) is 0.364. The highest BCUT2D eigenvalue weighted by Gasteiger charge is 2.44.